The van der Waals surface area contributed by atoms with Crippen LogP contribution in [0.3, 0.4) is 0 Å². The van der Waals surface area contributed by atoms with Crippen LogP contribution in [0.1, 0.15) is 12.5 Å². The summed E-state index contributed by atoms with van der Waals surface area (Å²) in [7, 11) is 0. The molecule has 0 aromatic carbocycles. The standard InChI is InChI=1S/C11H13N5S/c1-2-16-7-8(5-14-16)15-10-6-13-4-3-9(10)11(12)17/h3-7,15H,2H2,1H3,(H2,12,17). The molecule has 0 saturated carbocycles. The lowest BCUT2D eigenvalue weighted by Gasteiger charge is -2.08. The molecule has 0 fully saturated rings. The number of nitrogens with zero attached hydrogens (tertiary/aromatic N) is 3. The monoisotopic (exact) mass is 247 g/mol. The van der Waals surface area contributed by atoms with Crippen molar-refractivity contribution in [3.05, 3.63) is 36.4 Å². The Bertz CT molecular complexity index is 534. The van der Waals surface area contributed by atoms with Gasteiger partial charge in [0.15, 0.2) is 0 Å². The second-order valence-electron chi connectivity index (χ2n) is 3.50. The molecule has 88 valence electrons. The van der Waals surface area contributed by atoms with Crippen molar-refractivity contribution in [1.29, 1.82) is 0 Å². The minimum Gasteiger partial charge on any atom is -0.389 e. The first kappa shape index (κ1) is 11.5. The van der Waals surface area contributed by atoms with Crippen molar-refractivity contribution in [2.75, 3.05) is 5.32 Å². The molecule has 0 amide bonds. The number of nitrogens with one attached hydrogen (secondary N) is 1. The molecule has 17 heavy (non-hydrogen) atoms. The summed E-state index contributed by atoms with van der Waals surface area (Å²) >= 11 is 4.98. The predicted molar refractivity (Wildman–Crippen MR) is 71.3 cm³/mol. The molecule has 0 aliphatic heterocycles. The van der Waals surface area contributed by atoms with Gasteiger partial charge in [-0.25, -0.2) is 0 Å². The molecule has 0 spiro atoms. The summed E-state index contributed by atoms with van der Waals surface area (Å²) in [5, 5.41) is 7.37. The van der Waals surface area contributed by atoms with Crippen molar-refractivity contribution in [1.82, 2.24) is 14.8 Å². The van der Waals surface area contributed by atoms with Crippen LogP contribution in [0, 0.1) is 0 Å². The lowest BCUT2D eigenvalue weighted by molar-refractivity contribution is 0.660. The number of nitrogens with two attached hydrogens (primary N) is 1. The van der Waals surface area contributed by atoms with Gasteiger partial charge in [-0.1, -0.05) is 12.2 Å². The van der Waals surface area contributed by atoms with Gasteiger partial charge in [-0.2, -0.15) is 5.10 Å². The van der Waals surface area contributed by atoms with E-state index in [0.717, 1.165) is 23.5 Å². The molecule has 0 atom stereocenters. The third-order valence-electron chi connectivity index (χ3n) is 2.32. The summed E-state index contributed by atoms with van der Waals surface area (Å²) in [4.78, 5) is 4.39. The fraction of sp³-hybridized carbons (Fsp3) is 0.182. The van der Waals surface area contributed by atoms with Crippen molar-refractivity contribution in [3.8, 4) is 0 Å². The lowest BCUT2D eigenvalue weighted by atomic mass is 10.2. The normalized spacial score (nSPS) is 10.2. The third kappa shape index (κ3) is 2.59. The first-order valence-electron chi connectivity index (χ1n) is 5.24. The van der Waals surface area contributed by atoms with Gasteiger partial charge in [0.1, 0.15) is 4.99 Å². The van der Waals surface area contributed by atoms with Crippen molar-refractivity contribution in [2.45, 2.75) is 13.5 Å². The van der Waals surface area contributed by atoms with Crippen LogP contribution in [0.25, 0.3) is 0 Å². The molecule has 2 aromatic heterocycles. The Morgan fingerprint density at radius 1 is 1.53 bits per heavy atom. The molecule has 2 heterocycles. The number of aryl methyl sites for hydroxylation is 1. The number of pyridine rings is 1. The first-order valence-corrected chi connectivity index (χ1v) is 5.65. The highest BCUT2D eigenvalue weighted by atomic mass is 32.1. The Kier molecular flexibility index (Phi) is 3.34. The zero-order valence-corrected chi connectivity index (χ0v) is 10.2. The molecule has 0 radical (unpaired) electrons. The zero-order chi connectivity index (χ0) is 12.3. The number of rotatable bonds is 4. The number of hydrogen-bond donors (Lipinski definition) is 2. The quantitative estimate of drug-likeness (QED) is 0.804. The van der Waals surface area contributed by atoms with Crippen molar-refractivity contribution in [3.63, 3.8) is 0 Å². The van der Waals surface area contributed by atoms with Gasteiger partial charge >= 0.3 is 0 Å². The van der Waals surface area contributed by atoms with Crippen molar-refractivity contribution >= 4 is 28.6 Å². The minimum absolute atomic E-state index is 0.345. The third-order valence-corrected chi connectivity index (χ3v) is 2.54. The topological polar surface area (TPSA) is 68.8 Å². The van der Waals surface area contributed by atoms with Gasteiger partial charge in [0.25, 0.3) is 0 Å². The molecule has 0 bridgehead atoms. The van der Waals surface area contributed by atoms with Gasteiger partial charge in [-0.05, 0) is 13.0 Å². The van der Waals surface area contributed by atoms with Crippen molar-refractivity contribution < 1.29 is 0 Å². The summed E-state index contributed by atoms with van der Waals surface area (Å²) in [6, 6.07) is 1.79. The number of aromatic nitrogens is 3. The largest absolute Gasteiger partial charge is 0.389 e. The van der Waals surface area contributed by atoms with Crippen LogP contribution in [0.4, 0.5) is 11.4 Å². The van der Waals surface area contributed by atoms with Crippen LogP contribution >= 0.6 is 12.2 Å². The van der Waals surface area contributed by atoms with Gasteiger partial charge < -0.3 is 11.1 Å². The average molecular weight is 247 g/mol. The molecule has 0 saturated heterocycles. The van der Waals surface area contributed by atoms with Gasteiger partial charge in [0.2, 0.25) is 0 Å². The Morgan fingerprint density at radius 3 is 3.00 bits per heavy atom. The molecule has 0 aliphatic carbocycles. The van der Waals surface area contributed by atoms with E-state index in [1.807, 2.05) is 17.8 Å². The van der Waals surface area contributed by atoms with E-state index in [1.54, 1.807) is 24.7 Å². The summed E-state index contributed by atoms with van der Waals surface area (Å²) in [5.41, 5.74) is 8.09. The fourth-order valence-corrected chi connectivity index (χ4v) is 1.64. The van der Waals surface area contributed by atoms with E-state index in [4.69, 9.17) is 18.0 Å². The Hall–Kier alpha value is -1.95. The second kappa shape index (κ2) is 4.92. The summed E-state index contributed by atoms with van der Waals surface area (Å²) in [6.07, 6.45) is 7.02. The van der Waals surface area contributed by atoms with E-state index in [2.05, 4.69) is 15.4 Å². The number of anilines is 2. The summed E-state index contributed by atoms with van der Waals surface area (Å²) in [6.45, 7) is 2.86. The highest BCUT2D eigenvalue weighted by molar-refractivity contribution is 7.80. The maximum absolute atomic E-state index is 5.64. The maximum Gasteiger partial charge on any atom is 0.106 e. The smallest absolute Gasteiger partial charge is 0.106 e. The van der Waals surface area contributed by atoms with Gasteiger partial charge in [-0.3, -0.25) is 9.67 Å². The molecular formula is C11H13N5S. The second-order valence-corrected chi connectivity index (χ2v) is 3.94. The molecule has 0 aliphatic rings. The Labute approximate surface area is 105 Å². The van der Waals surface area contributed by atoms with Crippen LogP contribution in [0.2, 0.25) is 0 Å². The average Bonchev–Trinajstić information content (AvgIpc) is 2.77. The van der Waals surface area contributed by atoms with E-state index in [-0.39, 0.29) is 0 Å². The molecule has 2 rings (SSSR count). The Morgan fingerprint density at radius 2 is 2.35 bits per heavy atom. The van der Waals surface area contributed by atoms with Gasteiger partial charge in [0.05, 0.1) is 23.8 Å². The SMILES string of the molecule is CCn1cc(Nc2cnccc2C(N)=S)cn1. The molecule has 0 unspecified atom stereocenters. The molecule has 2 aromatic rings. The highest BCUT2D eigenvalue weighted by Gasteiger charge is 2.06. The lowest BCUT2D eigenvalue weighted by Crippen LogP contribution is -2.12. The van der Waals surface area contributed by atoms with Crippen LogP contribution in [0.5, 0.6) is 0 Å². The predicted octanol–water partition coefficient (Wildman–Crippen LogP) is 1.68. The van der Waals surface area contributed by atoms with E-state index in [0.29, 0.717) is 4.99 Å². The minimum atomic E-state index is 0.345. The zero-order valence-electron chi connectivity index (χ0n) is 9.42. The molecular weight excluding hydrogens is 234 g/mol. The summed E-state index contributed by atoms with van der Waals surface area (Å²) < 4.78 is 1.83. The van der Waals surface area contributed by atoms with E-state index >= 15 is 0 Å². The van der Waals surface area contributed by atoms with E-state index in [1.165, 1.54) is 0 Å². The molecule has 6 heteroatoms. The highest BCUT2D eigenvalue weighted by Crippen LogP contribution is 2.19. The van der Waals surface area contributed by atoms with Crippen molar-refractivity contribution in [2.24, 2.45) is 5.73 Å². The Balaban J connectivity index is 2.26. The van der Waals surface area contributed by atoms with E-state index < -0.39 is 0 Å². The van der Waals surface area contributed by atoms with Crippen LogP contribution < -0.4 is 11.1 Å². The fourth-order valence-electron chi connectivity index (χ4n) is 1.47. The summed E-state index contributed by atoms with van der Waals surface area (Å²) in [5.74, 6) is 0. The van der Waals surface area contributed by atoms with Crippen LogP contribution in [-0.4, -0.2) is 19.8 Å². The van der Waals surface area contributed by atoms with Gasteiger partial charge in [0, 0.05) is 24.5 Å². The molecule has 5 nitrogen and oxygen atoms in total. The van der Waals surface area contributed by atoms with Crippen LogP contribution in [0.15, 0.2) is 30.9 Å². The number of hydrogen-bond acceptors (Lipinski definition) is 4. The van der Waals surface area contributed by atoms with Crippen LogP contribution in [-0.2, 0) is 6.54 Å². The molecule has 3 N–H and O–H groups in total. The van der Waals surface area contributed by atoms with E-state index in [9.17, 15) is 0 Å². The number of thiocarbonyl (C=S) groups is 1. The first-order chi connectivity index (χ1) is 8.20. The maximum atomic E-state index is 5.64. The van der Waals surface area contributed by atoms with Gasteiger partial charge in [-0.15, -0.1) is 0 Å².